The minimum atomic E-state index is 0.856. The van der Waals surface area contributed by atoms with E-state index >= 15 is 0 Å². The molecule has 3 rings (SSSR count). The van der Waals surface area contributed by atoms with E-state index in [2.05, 4.69) is 0 Å². The average molecular weight is 224 g/mol. The molecule has 2 heteroatoms. The van der Waals surface area contributed by atoms with Gasteiger partial charge in [0.15, 0.2) is 0 Å². The van der Waals surface area contributed by atoms with Crippen molar-refractivity contribution in [3.8, 4) is 22.6 Å². The zero-order chi connectivity index (χ0) is 11.7. The predicted molar refractivity (Wildman–Crippen MR) is 66.6 cm³/mol. The standard InChI is InChI=1S/C15H12O2/c1-11-8-9-15(17-11)13-6-3-2-5-12(13)14-7-4-10-16-14/h2-10H,1H3. The molecule has 3 aromatic rings. The van der Waals surface area contributed by atoms with Crippen molar-refractivity contribution in [1.82, 2.24) is 0 Å². The number of hydrogen-bond acceptors (Lipinski definition) is 2. The van der Waals surface area contributed by atoms with Gasteiger partial charge in [-0.3, -0.25) is 0 Å². The first kappa shape index (κ1) is 9.97. The molecule has 0 radical (unpaired) electrons. The lowest BCUT2D eigenvalue weighted by atomic mass is 10.0. The van der Waals surface area contributed by atoms with E-state index in [1.165, 1.54) is 0 Å². The van der Waals surface area contributed by atoms with E-state index in [-0.39, 0.29) is 0 Å². The van der Waals surface area contributed by atoms with Crippen LogP contribution in [0.4, 0.5) is 0 Å². The third-order valence-electron chi connectivity index (χ3n) is 2.72. The average Bonchev–Trinajstić information content (AvgIpc) is 3.00. The molecule has 1 aromatic carbocycles. The predicted octanol–water partition coefficient (Wildman–Crippen LogP) is 4.52. The van der Waals surface area contributed by atoms with Crippen molar-refractivity contribution in [3.63, 3.8) is 0 Å². The Labute approximate surface area is 99.5 Å². The van der Waals surface area contributed by atoms with Gasteiger partial charge in [0, 0.05) is 11.1 Å². The van der Waals surface area contributed by atoms with Crippen LogP contribution in [0.15, 0.2) is 63.6 Å². The largest absolute Gasteiger partial charge is 0.464 e. The minimum absolute atomic E-state index is 0.856. The fourth-order valence-electron chi connectivity index (χ4n) is 1.92. The van der Waals surface area contributed by atoms with Crippen LogP contribution in [0.5, 0.6) is 0 Å². The summed E-state index contributed by atoms with van der Waals surface area (Å²) in [4.78, 5) is 0. The van der Waals surface area contributed by atoms with Crippen molar-refractivity contribution in [2.24, 2.45) is 0 Å². The van der Waals surface area contributed by atoms with Gasteiger partial charge >= 0.3 is 0 Å². The molecular weight excluding hydrogens is 212 g/mol. The molecule has 0 aliphatic carbocycles. The first-order chi connectivity index (χ1) is 8.34. The van der Waals surface area contributed by atoms with Crippen LogP contribution in [-0.4, -0.2) is 0 Å². The molecule has 0 fully saturated rings. The Kier molecular flexibility index (Phi) is 2.33. The molecular formula is C15H12O2. The number of furan rings is 2. The second-order valence-electron chi connectivity index (χ2n) is 3.93. The van der Waals surface area contributed by atoms with E-state index in [1.807, 2.05) is 55.5 Å². The Balaban J connectivity index is 2.17. The lowest BCUT2D eigenvalue weighted by Gasteiger charge is -2.04. The Morgan fingerprint density at radius 1 is 0.765 bits per heavy atom. The maximum Gasteiger partial charge on any atom is 0.134 e. The summed E-state index contributed by atoms with van der Waals surface area (Å²) in [6, 6.07) is 15.9. The van der Waals surface area contributed by atoms with Crippen molar-refractivity contribution in [1.29, 1.82) is 0 Å². The molecule has 0 saturated heterocycles. The maximum absolute atomic E-state index is 5.67. The SMILES string of the molecule is Cc1ccc(-c2ccccc2-c2ccco2)o1. The quantitative estimate of drug-likeness (QED) is 0.640. The van der Waals surface area contributed by atoms with E-state index in [0.29, 0.717) is 0 Å². The van der Waals surface area contributed by atoms with E-state index in [1.54, 1.807) is 6.26 Å². The van der Waals surface area contributed by atoms with Gasteiger partial charge in [-0.25, -0.2) is 0 Å². The first-order valence-corrected chi connectivity index (χ1v) is 5.54. The summed E-state index contributed by atoms with van der Waals surface area (Å²) < 4.78 is 11.1. The van der Waals surface area contributed by atoms with E-state index < -0.39 is 0 Å². The van der Waals surface area contributed by atoms with Gasteiger partial charge in [-0.15, -0.1) is 0 Å². The number of hydrogen-bond donors (Lipinski definition) is 0. The first-order valence-electron chi connectivity index (χ1n) is 5.54. The Hall–Kier alpha value is -2.22. The fourth-order valence-corrected chi connectivity index (χ4v) is 1.92. The fraction of sp³-hybridized carbons (Fsp3) is 0.0667. The second kappa shape index (κ2) is 3.98. The molecule has 0 unspecified atom stereocenters. The Bertz CT molecular complexity index is 618. The van der Waals surface area contributed by atoms with E-state index in [0.717, 1.165) is 28.4 Å². The zero-order valence-electron chi connectivity index (χ0n) is 9.51. The van der Waals surface area contributed by atoms with Crippen LogP contribution in [0.3, 0.4) is 0 Å². The molecule has 0 aliphatic rings. The Morgan fingerprint density at radius 2 is 1.53 bits per heavy atom. The van der Waals surface area contributed by atoms with Crippen molar-refractivity contribution >= 4 is 0 Å². The van der Waals surface area contributed by atoms with Crippen molar-refractivity contribution in [2.45, 2.75) is 6.92 Å². The highest BCUT2D eigenvalue weighted by Gasteiger charge is 2.11. The third-order valence-corrected chi connectivity index (χ3v) is 2.72. The van der Waals surface area contributed by atoms with Gasteiger partial charge in [-0.2, -0.15) is 0 Å². The lowest BCUT2D eigenvalue weighted by Crippen LogP contribution is -1.80. The summed E-state index contributed by atoms with van der Waals surface area (Å²) in [7, 11) is 0. The van der Waals surface area contributed by atoms with Gasteiger partial charge in [0.25, 0.3) is 0 Å². The van der Waals surface area contributed by atoms with Crippen LogP contribution in [0.2, 0.25) is 0 Å². The summed E-state index contributed by atoms with van der Waals surface area (Å²) in [5, 5.41) is 0. The topological polar surface area (TPSA) is 26.3 Å². The molecule has 0 N–H and O–H groups in total. The van der Waals surface area contributed by atoms with Crippen LogP contribution in [-0.2, 0) is 0 Å². The highest BCUT2D eigenvalue weighted by atomic mass is 16.3. The van der Waals surface area contributed by atoms with Crippen molar-refractivity contribution < 1.29 is 8.83 Å². The third kappa shape index (κ3) is 1.78. The van der Waals surface area contributed by atoms with Gasteiger partial charge < -0.3 is 8.83 Å². The molecule has 17 heavy (non-hydrogen) atoms. The summed E-state index contributed by atoms with van der Waals surface area (Å²) in [6.45, 7) is 1.94. The summed E-state index contributed by atoms with van der Waals surface area (Å²) in [5.74, 6) is 2.64. The van der Waals surface area contributed by atoms with E-state index in [9.17, 15) is 0 Å². The lowest BCUT2D eigenvalue weighted by molar-refractivity contribution is 0.547. The van der Waals surface area contributed by atoms with Gasteiger partial charge in [0.05, 0.1) is 6.26 Å². The molecule has 2 nitrogen and oxygen atoms in total. The van der Waals surface area contributed by atoms with Crippen molar-refractivity contribution in [3.05, 3.63) is 60.6 Å². The van der Waals surface area contributed by atoms with Gasteiger partial charge in [0.2, 0.25) is 0 Å². The number of benzene rings is 1. The van der Waals surface area contributed by atoms with Crippen LogP contribution in [0.25, 0.3) is 22.6 Å². The van der Waals surface area contributed by atoms with E-state index in [4.69, 9.17) is 8.83 Å². The molecule has 0 aliphatic heterocycles. The molecule has 84 valence electrons. The number of aryl methyl sites for hydroxylation is 1. The molecule has 2 aromatic heterocycles. The maximum atomic E-state index is 5.67. The van der Waals surface area contributed by atoms with Crippen LogP contribution in [0, 0.1) is 6.92 Å². The molecule has 0 bridgehead atoms. The van der Waals surface area contributed by atoms with Gasteiger partial charge in [-0.05, 0) is 31.2 Å². The second-order valence-corrected chi connectivity index (χ2v) is 3.93. The molecule has 0 amide bonds. The normalized spacial score (nSPS) is 10.6. The monoisotopic (exact) mass is 224 g/mol. The number of rotatable bonds is 2. The molecule has 0 saturated carbocycles. The minimum Gasteiger partial charge on any atom is -0.464 e. The summed E-state index contributed by atoms with van der Waals surface area (Å²) >= 11 is 0. The molecule has 2 heterocycles. The summed E-state index contributed by atoms with van der Waals surface area (Å²) in [5.41, 5.74) is 2.10. The smallest absolute Gasteiger partial charge is 0.134 e. The highest BCUT2D eigenvalue weighted by Crippen LogP contribution is 2.32. The summed E-state index contributed by atoms with van der Waals surface area (Å²) in [6.07, 6.45) is 1.68. The highest BCUT2D eigenvalue weighted by molar-refractivity contribution is 5.78. The van der Waals surface area contributed by atoms with Crippen LogP contribution < -0.4 is 0 Å². The van der Waals surface area contributed by atoms with Crippen molar-refractivity contribution in [2.75, 3.05) is 0 Å². The van der Waals surface area contributed by atoms with Gasteiger partial charge in [-0.1, -0.05) is 24.3 Å². The van der Waals surface area contributed by atoms with Crippen LogP contribution in [0.1, 0.15) is 5.76 Å². The van der Waals surface area contributed by atoms with Crippen LogP contribution >= 0.6 is 0 Å². The van der Waals surface area contributed by atoms with Gasteiger partial charge in [0.1, 0.15) is 17.3 Å². The molecule has 0 spiro atoms. The molecule has 0 atom stereocenters. The zero-order valence-corrected chi connectivity index (χ0v) is 9.51. The Morgan fingerprint density at radius 3 is 2.12 bits per heavy atom.